The molecule has 0 unspecified atom stereocenters. The predicted molar refractivity (Wildman–Crippen MR) is 240 cm³/mol. The summed E-state index contributed by atoms with van der Waals surface area (Å²) in [6, 6.07) is 79.6. The van der Waals surface area contributed by atoms with Crippen LogP contribution in [0.5, 0.6) is 0 Å². The molecule has 0 aliphatic heterocycles. The van der Waals surface area contributed by atoms with Gasteiger partial charge in [0.15, 0.2) is 0 Å². The van der Waals surface area contributed by atoms with Crippen molar-refractivity contribution in [2.45, 2.75) is 6.42 Å². The highest BCUT2D eigenvalue weighted by Gasteiger charge is 2.19. The van der Waals surface area contributed by atoms with Crippen LogP contribution in [0.2, 0.25) is 0 Å². The highest BCUT2D eigenvalue weighted by Crippen LogP contribution is 2.41. The zero-order valence-electron chi connectivity index (χ0n) is 31.4. The van der Waals surface area contributed by atoms with Gasteiger partial charge < -0.3 is 9.47 Å². The van der Waals surface area contributed by atoms with Crippen LogP contribution in [0.1, 0.15) is 11.1 Å². The Hall–Kier alpha value is -7.42. The van der Waals surface area contributed by atoms with Gasteiger partial charge in [0, 0.05) is 33.5 Å². The number of benzene rings is 9. The van der Waals surface area contributed by atoms with E-state index in [0.29, 0.717) is 0 Å². The molecule has 268 valence electrons. The maximum absolute atomic E-state index is 2.38. The average Bonchev–Trinajstić information content (AvgIpc) is 3.83. The van der Waals surface area contributed by atoms with Crippen molar-refractivity contribution in [2.75, 3.05) is 4.90 Å². The first-order chi connectivity index (χ1) is 28.2. The van der Waals surface area contributed by atoms with Crippen LogP contribution in [0.15, 0.2) is 218 Å². The van der Waals surface area contributed by atoms with Crippen molar-refractivity contribution in [1.29, 1.82) is 0 Å². The molecule has 0 spiro atoms. The lowest BCUT2D eigenvalue weighted by Gasteiger charge is -2.26. The van der Waals surface area contributed by atoms with Gasteiger partial charge in [0.1, 0.15) is 0 Å². The maximum atomic E-state index is 2.38. The summed E-state index contributed by atoms with van der Waals surface area (Å²) in [5, 5.41) is 2.52. The molecule has 57 heavy (non-hydrogen) atoms. The third-order valence-electron chi connectivity index (χ3n) is 11.6. The molecular formula is C55H38N2. The minimum Gasteiger partial charge on any atom is -0.311 e. The summed E-state index contributed by atoms with van der Waals surface area (Å²) in [5.74, 6) is 0. The van der Waals surface area contributed by atoms with Gasteiger partial charge in [-0.1, -0.05) is 152 Å². The van der Waals surface area contributed by atoms with E-state index in [4.69, 9.17) is 0 Å². The Balaban J connectivity index is 0.969. The third kappa shape index (κ3) is 5.82. The summed E-state index contributed by atoms with van der Waals surface area (Å²) in [5.41, 5.74) is 19.7. The fraction of sp³-hybridized carbons (Fsp3) is 0.0182. The smallest absolute Gasteiger partial charge is 0.0547 e. The molecule has 1 aromatic heterocycles. The first kappa shape index (κ1) is 33.0. The van der Waals surface area contributed by atoms with E-state index in [9.17, 15) is 0 Å². The number of anilines is 3. The minimum absolute atomic E-state index is 1.01. The van der Waals surface area contributed by atoms with E-state index in [1.807, 2.05) is 0 Å². The molecule has 1 heterocycles. The Morgan fingerprint density at radius 3 is 1.47 bits per heavy atom. The van der Waals surface area contributed by atoms with Crippen molar-refractivity contribution in [1.82, 2.24) is 4.57 Å². The normalized spacial score (nSPS) is 11.8. The maximum Gasteiger partial charge on any atom is 0.0547 e. The molecule has 0 radical (unpaired) electrons. The van der Waals surface area contributed by atoms with Crippen LogP contribution in [-0.4, -0.2) is 4.57 Å². The van der Waals surface area contributed by atoms with Gasteiger partial charge in [-0.3, -0.25) is 0 Å². The average molecular weight is 727 g/mol. The van der Waals surface area contributed by atoms with Crippen LogP contribution in [0.25, 0.3) is 72.0 Å². The van der Waals surface area contributed by atoms with Gasteiger partial charge in [-0.2, -0.15) is 0 Å². The number of nitrogens with zero attached hydrogens (tertiary/aromatic N) is 2. The molecule has 0 saturated heterocycles. The quantitative estimate of drug-likeness (QED) is 0.159. The van der Waals surface area contributed by atoms with Crippen LogP contribution < -0.4 is 4.90 Å². The SMILES string of the molecule is c1ccc(-c2ccc(N(c3ccc(-c4ccc5c(c4)-c4ccccc4C5)cc3)c3ccc(-c4ccc5c6ccccc6n(-c6ccccc6)c5c4)cc3)cc2)cc1. The van der Waals surface area contributed by atoms with E-state index in [1.165, 1.54) is 77.4 Å². The zero-order chi connectivity index (χ0) is 37.7. The zero-order valence-corrected chi connectivity index (χ0v) is 31.4. The van der Waals surface area contributed by atoms with Crippen LogP contribution in [0.4, 0.5) is 17.1 Å². The standard InChI is InChI=1S/C55H38N2/c1-3-11-38(12-4-1)39-21-28-47(29-22-39)56(48-30-23-40(24-31-48)42-19-20-45-35-44-13-7-8-16-50(44)53(45)36-42)49-32-25-41(26-33-49)43-27-34-52-51-17-9-10-18-54(51)57(55(52)37-43)46-14-5-2-6-15-46/h1-34,36-37H,35H2. The summed E-state index contributed by atoms with van der Waals surface area (Å²) in [6.45, 7) is 0. The molecule has 1 aliphatic carbocycles. The predicted octanol–water partition coefficient (Wildman–Crippen LogP) is 14.8. The van der Waals surface area contributed by atoms with Gasteiger partial charge in [-0.15, -0.1) is 0 Å². The van der Waals surface area contributed by atoms with Gasteiger partial charge in [-0.05, 0) is 129 Å². The van der Waals surface area contributed by atoms with Crippen molar-refractivity contribution in [3.8, 4) is 50.2 Å². The lowest BCUT2D eigenvalue weighted by atomic mass is 9.98. The molecule has 0 amide bonds. The van der Waals surface area contributed by atoms with Crippen LogP contribution in [0, 0.1) is 0 Å². The minimum atomic E-state index is 1.01. The Kier molecular flexibility index (Phi) is 7.93. The summed E-state index contributed by atoms with van der Waals surface area (Å²) >= 11 is 0. The Morgan fingerprint density at radius 2 is 0.789 bits per heavy atom. The second-order valence-corrected chi connectivity index (χ2v) is 15.0. The third-order valence-corrected chi connectivity index (χ3v) is 11.6. The Morgan fingerprint density at radius 1 is 0.316 bits per heavy atom. The van der Waals surface area contributed by atoms with E-state index in [2.05, 4.69) is 228 Å². The van der Waals surface area contributed by atoms with E-state index in [-0.39, 0.29) is 0 Å². The highest BCUT2D eigenvalue weighted by molar-refractivity contribution is 6.10. The highest BCUT2D eigenvalue weighted by atomic mass is 15.1. The van der Waals surface area contributed by atoms with Crippen molar-refractivity contribution in [3.63, 3.8) is 0 Å². The number of aromatic nitrogens is 1. The molecule has 1 aliphatic rings. The van der Waals surface area contributed by atoms with E-state index in [0.717, 1.165) is 29.2 Å². The second kappa shape index (κ2) is 13.7. The second-order valence-electron chi connectivity index (χ2n) is 15.0. The summed E-state index contributed by atoms with van der Waals surface area (Å²) < 4.78 is 2.38. The Bertz CT molecular complexity index is 3050. The number of hydrogen-bond donors (Lipinski definition) is 0. The van der Waals surface area contributed by atoms with Crippen molar-refractivity contribution in [2.24, 2.45) is 0 Å². The van der Waals surface area contributed by atoms with Crippen LogP contribution in [0.3, 0.4) is 0 Å². The van der Waals surface area contributed by atoms with Gasteiger partial charge in [-0.25, -0.2) is 0 Å². The van der Waals surface area contributed by atoms with Gasteiger partial charge in [0.05, 0.1) is 11.0 Å². The molecule has 0 bridgehead atoms. The van der Waals surface area contributed by atoms with Gasteiger partial charge >= 0.3 is 0 Å². The molecule has 9 aromatic carbocycles. The molecule has 11 rings (SSSR count). The van der Waals surface area contributed by atoms with E-state index in [1.54, 1.807) is 0 Å². The number of rotatable bonds is 7. The van der Waals surface area contributed by atoms with Crippen LogP contribution in [-0.2, 0) is 6.42 Å². The first-order valence-electron chi connectivity index (χ1n) is 19.7. The lowest BCUT2D eigenvalue weighted by molar-refractivity contribution is 1.18. The molecule has 0 atom stereocenters. The molecule has 0 N–H and O–H groups in total. The van der Waals surface area contributed by atoms with Crippen molar-refractivity contribution >= 4 is 38.9 Å². The lowest BCUT2D eigenvalue weighted by Crippen LogP contribution is -2.09. The summed E-state index contributed by atoms with van der Waals surface area (Å²) in [7, 11) is 0. The Labute approximate surface area is 333 Å². The first-order valence-corrected chi connectivity index (χ1v) is 19.7. The number of para-hydroxylation sites is 2. The summed E-state index contributed by atoms with van der Waals surface area (Å²) in [4.78, 5) is 2.36. The molecule has 0 fully saturated rings. The molecular weight excluding hydrogens is 689 g/mol. The van der Waals surface area contributed by atoms with Gasteiger partial charge in [0.25, 0.3) is 0 Å². The number of hydrogen-bond acceptors (Lipinski definition) is 1. The number of fused-ring (bicyclic) bond motifs is 6. The topological polar surface area (TPSA) is 8.17 Å². The van der Waals surface area contributed by atoms with Gasteiger partial charge in [0.2, 0.25) is 0 Å². The fourth-order valence-electron chi connectivity index (χ4n) is 8.80. The largest absolute Gasteiger partial charge is 0.311 e. The molecule has 2 heteroatoms. The fourth-order valence-corrected chi connectivity index (χ4v) is 8.80. The molecule has 0 saturated carbocycles. The van der Waals surface area contributed by atoms with Crippen molar-refractivity contribution < 1.29 is 0 Å². The molecule has 10 aromatic rings. The van der Waals surface area contributed by atoms with Crippen LogP contribution >= 0.6 is 0 Å². The van der Waals surface area contributed by atoms with E-state index < -0.39 is 0 Å². The summed E-state index contributed by atoms with van der Waals surface area (Å²) in [6.07, 6.45) is 1.01. The van der Waals surface area contributed by atoms with E-state index >= 15 is 0 Å². The monoisotopic (exact) mass is 726 g/mol. The molecule has 2 nitrogen and oxygen atoms in total. The van der Waals surface area contributed by atoms with Crippen molar-refractivity contribution in [3.05, 3.63) is 230 Å².